The summed E-state index contributed by atoms with van der Waals surface area (Å²) in [6.07, 6.45) is 1.65. The number of morpholine rings is 1. The molecule has 1 aliphatic rings. The fourth-order valence-electron chi connectivity index (χ4n) is 2.49. The third-order valence-electron chi connectivity index (χ3n) is 3.70. The molecule has 130 valence electrons. The van der Waals surface area contributed by atoms with Crippen LogP contribution >= 0.6 is 11.8 Å². The SMILES string of the molecule is O=C(CSc1nc2ccccc2[nH]1)Nc1c[n+](N2CCOCC2)no1. The maximum atomic E-state index is 12.1. The average Bonchev–Trinajstić information content (AvgIpc) is 3.27. The van der Waals surface area contributed by atoms with E-state index in [0.29, 0.717) is 24.3 Å². The van der Waals surface area contributed by atoms with Crippen LogP contribution in [0.15, 0.2) is 40.1 Å². The smallest absolute Gasteiger partial charge is 0.305 e. The third kappa shape index (κ3) is 3.74. The van der Waals surface area contributed by atoms with Gasteiger partial charge in [-0.1, -0.05) is 23.9 Å². The van der Waals surface area contributed by atoms with Gasteiger partial charge < -0.3 is 9.72 Å². The number of hydrogen-bond acceptors (Lipinski definition) is 7. The number of thioether (sulfide) groups is 1. The Balaban J connectivity index is 1.32. The Labute approximate surface area is 147 Å². The van der Waals surface area contributed by atoms with Crippen molar-refractivity contribution in [3.05, 3.63) is 30.5 Å². The lowest BCUT2D eigenvalue weighted by Crippen LogP contribution is -2.62. The second kappa shape index (κ2) is 7.11. The highest BCUT2D eigenvalue weighted by molar-refractivity contribution is 7.99. The van der Waals surface area contributed by atoms with E-state index in [1.165, 1.54) is 11.8 Å². The van der Waals surface area contributed by atoms with Crippen LogP contribution in [-0.4, -0.2) is 53.2 Å². The first-order chi connectivity index (χ1) is 12.3. The number of hydrogen-bond donors (Lipinski definition) is 2. The summed E-state index contributed by atoms with van der Waals surface area (Å²) in [7, 11) is 0. The first-order valence-corrected chi connectivity index (χ1v) is 8.85. The summed E-state index contributed by atoms with van der Waals surface area (Å²) in [6, 6.07) is 7.74. The topological polar surface area (TPSA) is 100 Å². The van der Waals surface area contributed by atoms with Gasteiger partial charge in [0.1, 0.15) is 0 Å². The first-order valence-electron chi connectivity index (χ1n) is 7.87. The fourth-order valence-corrected chi connectivity index (χ4v) is 3.17. The number of ether oxygens (including phenoxy) is 1. The lowest BCUT2D eigenvalue weighted by atomic mass is 10.3. The molecule has 1 fully saturated rings. The monoisotopic (exact) mass is 361 g/mol. The molecule has 2 aromatic heterocycles. The number of nitrogens with one attached hydrogen (secondary N) is 2. The summed E-state index contributed by atoms with van der Waals surface area (Å²) in [5.74, 6) is 0.343. The normalized spacial score (nSPS) is 14.8. The van der Waals surface area contributed by atoms with Crippen molar-refractivity contribution in [3.8, 4) is 0 Å². The molecule has 1 aliphatic heterocycles. The molecule has 3 heterocycles. The summed E-state index contributed by atoms with van der Waals surface area (Å²) >= 11 is 1.33. The van der Waals surface area contributed by atoms with Gasteiger partial charge in [-0.15, -0.1) is 5.01 Å². The van der Waals surface area contributed by atoms with Crippen LogP contribution in [0.1, 0.15) is 0 Å². The van der Waals surface area contributed by atoms with Crippen molar-refractivity contribution in [2.45, 2.75) is 5.16 Å². The van der Waals surface area contributed by atoms with Gasteiger partial charge in [-0.2, -0.15) is 0 Å². The number of para-hydroxylation sites is 2. The summed E-state index contributed by atoms with van der Waals surface area (Å²) in [4.78, 5) is 21.3. The molecule has 1 amide bonds. The van der Waals surface area contributed by atoms with Gasteiger partial charge in [0.2, 0.25) is 11.2 Å². The molecular formula is C15H17N6O3S+. The predicted molar refractivity (Wildman–Crippen MR) is 90.9 cm³/mol. The summed E-state index contributed by atoms with van der Waals surface area (Å²) < 4.78 is 10.4. The molecule has 4 rings (SSSR count). The second-order valence-electron chi connectivity index (χ2n) is 5.45. The molecule has 0 aliphatic carbocycles. The fraction of sp³-hybridized carbons (Fsp3) is 0.333. The number of anilines is 1. The first kappa shape index (κ1) is 15.9. The molecule has 25 heavy (non-hydrogen) atoms. The zero-order chi connectivity index (χ0) is 17.1. The van der Waals surface area contributed by atoms with Crippen LogP contribution in [-0.2, 0) is 9.53 Å². The van der Waals surface area contributed by atoms with Crippen LogP contribution < -0.4 is 15.1 Å². The second-order valence-corrected chi connectivity index (χ2v) is 6.41. The Kier molecular flexibility index (Phi) is 4.53. The van der Waals surface area contributed by atoms with Gasteiger partial charge in [0, 0.05) is 0 Å². The van der Waals surface area contributed by atoms with E-state index >= 15 is 0 Å². The lowest BCUT2D eigenvalue weighted by Gasteiger charge is -2.18. The zero-order valence-electron chi connectivity index (χ0n) is 13.3. The van der Waals surface area contributed by atoms with Gasteiger partial charge in [0.05, 0.1) is 47.9 Å². The number of fused-ring (bicyclic) bond motifs is 1. The van der Waals surface area contributed by atoms with Gasteiger partial charge in [-0.3, -0.25) is 14.6 Å². The Morgan fingerprint density at radius 2 is 2.20 bits per heavy atom. The van der Waals surface area contributed by atoms with Gasteiger partial charge in [-0.05, 0) is 12.1 Å². The third-order valence-corrected chi connectivity index (χ3v) is 4.58. The van der Waals surface area contributed by atoms with E-state index < -0.39 is 0 Å². The molecule has 3 aromatic rings. The van der Waals surface area contributed by atoms with Crippen LogP contribution in [0.5, 0.6) is 0 Å². The van der Waals surface area contributed by atoms with Crippen molar-refractivity contribution in [1.29, 1.82) is 0 Å². The predicted octanol–water partition coefficient (Wildman–Crippen LogP) is 0.537. The number of rotatable bonds is 5. The largest absolute Gasteiger partial charge is 0.377 e. The Bertz CT molecular complexity index is 840. The highest BCUT2D eigenvalue weighted by Crippen LogP contribution is 2.19. The molecular weight excluding hydrogens is 344 g/mol. The van der Waals surface area contributed by atoms with E-state index in [1.54, 1.807) is 11.0 Å². The van der Waals surface area contributed by atoms with Gasteiger partial charge in [-0.25, -0.2) is 4.98 Å². The van der Waals surface area contributed by atoms with Crippen molar-refractivity contribution >= 4 is 34.6 Å². The Morgan fingerprint density at radius 3 is 3.04 bits per heavy atom. The van der Waals surface area contributed by atoms with Crippen molar-refractivity contribution in [3.63, 3.8) is 0 Å². The zero-order valence-corrected chi connectivity index (χ0v) is 14.2. The minimum atomic E-state index is -0.185. The summed E-state index contributed by atoms with van der Waals surface area (Å²) in [5.41, 5.74) is 1.83. The van der Waals surface area contributed by atoms with E-state index in [9.17, 15) is 4.79 Å². The molecule has 2 N–H and O–H groups in total. The van der Waals surface area contributed by atoms with Crippen LogP contribution in [0.2, 0.25) is 0 Å². The highest BCUT2D eigenvalue weighted by Gasteiger charge is 2.23. The van der Waals surface area contributed by atoms with E-state index in [0.717, 1.165) is 24.1 Å². The van der Waals surface area contributed by atoms with Gasteiger partial charge >= 0.3 is 5.88 Å². The molecule has 9 nitrogen and oxygen atoms in total. The standard InChI is InChI=1S/C15H16N6O3S/c22-13(10-25-15-16-11-3-1-2-4-12(11)17-15)18-14-9-21(19-24-14)20-5-7-23-8-6-20/h1-4,9H,5-8,10H2,(H-,16,17,18,19,22)/p+1. The molecule has 0 saturated carbocycles. The van der Waals surface area contributed by atoms with Crippen molar-refractivity contribution < 1.29 is 18.8 Å². The number of aromatic nitrogens is 4. The number of carbonyl (C=O) groups excluding carboxylic acids is 1. The van der Waals surface area contributed by atoms with E-state index in [4.69, 9.17) is 9.26 Å². The van der Waals surface area contributed by atoms with E-state index in [-0.39, 0.29) is 11.7 Å². The maximum absolute atomic E-state index is 12.1. The highest BCUT2D eigenvalue weighted by atomic mass is 32.2. The molecule has 0 spiro atoms. The number of amides is 1. The Hall–Kier alpha value is -2.59. The maximum Gasteiger partial charge on any atom is 0.305 e. The van der Waals surface area contributed by atoms with Crippen LogP contribution in [0.4, 0.5) is 5.88 Å². The van der Waals surface area contributed by atoms with Crippen molar-refractivity contribution in [2.24, 2.45) is 0 Å². The van der Waals surface area contributed by atoms with Crippen molar-refractivity contribution in [2.75, 3.05) is 42.4 Å². The van der Waals surface area contributed by atoms with Crippen LogP contribution in [0.3, 0.4) is 0 Å². The number of carbonyl (C=O) groups is 1. The average molecular weight is 361 g/mol. The minimum Gasteiger partial charge on any atom is -0.377 e. The van der Waals surface area contributed by atoms with Gasteiger partial charge in [0.25, 0.3) is 6.20 Å². The molecule has 0 atom stereocenters. The molecule has 0 bridgehead atoms. The van der Waals surface area contributed by atoms with Gasteiger partial charge in [0.15, 0.2) is 5.16 Å². The number of aromatic amines is 1. The molecule has 0 radical (unpaired) electrons. The van der Waals surface area contributed by atoms with Crippen molar-refractivity contribution in [1.82, 2.24) is 15.2 Å². The molecule has 10 heteroatoms. The Morgan fingerprint density at radius 1 is 1.36 bits per heavy atom. The van der Waals surface area contributed by atoms with E-state index in [1.807, 2.05) is 29.3 Å². The number of nitrogens with zero attached hydrogens (tertiary/aromatic N) is 4. The molecule has 1 aromatic carbocycles. The lowest BCUT2D eigenvalue weighted by molar-refractivity contribution is -0.759. The number of imidazole rings is 1. The summed E-state index contributed by atoms with van der Waals surface area (Å²) in [5, 5.41) is 9.29. The van der Waals surface area contributed by atoms with E-state index in [2.05, 4.69) is 20.6 Å². The molecule has 0 unspecified atom stereocenters. The number of H-pyrrole nitrogens is 1. The molecule has 1 saturated heterocycles. The van der Waals surface area contributed by atoms with Crippen LogP contribution in [0, 0.1) is 0 Å². The minimum absolute atomic E-state index is 0.185. The quantitative estimate of drug-likeness (QED) is 0.505. The number of benzene rings is 1. The summed E-state index contributed by atoms with van der Waals surface area (Å²) in [6.45, 7) is 2.75. The van der Waals surface area contributed by atoms with Crippen LogP contribution in [0.25, 0.3) is 11.0 Å².